The number of Topliss-reactive ketones (excluding diaryl/α,β-unsaturated/α-hetero) is 2. The van der Waals surface area contributed by atoms with E-state index in [1.807, 2.05) is 0 Å². The lowest BCUT2D eigenvalue weighted by atomic mass is 9.59. The molecule has 2 saturated carbocycles. The SMILES string of the molecule is CC(C)(C)CCN(Cc1cc(O)c2c(c1Cl)CC1C[C@H]3CC(=O)C(C(N)=O)=C(O)[C@@]3(O)C(=O)C1=C2O)CC1CC1. The van der Waals surface area contributed by atoms with Crippen LogP contribution in [0.4, 0.5) is 0 Å². The Morgan fingerprint density at radius 3 is 2.45 bits per heavy atom. The maximum absolute atomic E-state index is 13.6. The maximum atomic E-state index is 13.6. The first-order valence-electron chi connectivity index (χ1n) is 13.9. The molecule has 4 aliphatic carbocycles. The highest BCUT2D eigenvalue weighted by atomic mass is 35.5. The molecule has 2 fully saturated rings. The molecular weight excluding hydrogens is 536 g/mol. The summed E-state index contributed by atoms with van der Waals surface area (Å²) in [5.41, 5.74) is 3.09. The van der Waals surface area contributed by atoms with E-state index in [2.05, 4.69) is 25.7 Å². The van der Waals surface area contributed by atoms with Gasteiger partial charge in [0.1, 0.15) is 22.8 Å². The summed E-state index contributed by atoms with van der Waals surface area (Å²) in [7, 11) is 0. The first kappa shape index (κ1) is 28.6. The summed E-state index contributed by atoms with van der Waals surface area (Å²) in [5, 5.41) is 44.8. The summed E-state index contributed by atoms with van der Waals surface area (Å²) in [6, 6.07) is 1.52. The summed E-state index contributed by atoms with van der Waals surface area (Å²) in [5.74, 6) is -5.82. The monoisotopic (exact) mass is 572 g/mol. The lowest BCUT2D eigenvalue weighted by molar-refractivity contribution is -0.147. The number of nitrogens with zero attached hydrogens (tertiary/aromatic N) is 1. The Labute approximate surface area is 238 Å². The second kappa shape index (κ2) is 9.89. The third kappa shape index (κ3) is 4.82. The lowest BCUT2D eigenvalue weighted by Crippen LogP contribution is -2.58. The van der Waals surface area contributed by atoms with Crippen molar-refractivity contribution in [2.45, 2.75) is 71.4 Å². The van der Waals surface area contributed by atoms with E-state index in [-0.39, 0.29) is 41.6 Å². The summed E-state index contributed by atoms with van der Waals surface area (Å²) in [6.45, 7) is 8.93. The largest absolute Gasteiger partial charge is 0.508 e. The number of amides is 1. The molecule has 0 heterocycles. The second-order valence-electron chi connectivity index (χ2n) is 13.1. The van der Waals surface area contributed by atoms with Gasteiger partial charge >= 0.3 is 0 Å². The standard InChI is InChI=1S/C30H37ClN2O7/c1-29(2,3)6-7-33(12-14-4-5-14)13-16-10-19(34)22-18(24(16)31)9-15-8-17-11-20(35)23(28(32)39)27(38)30(17,40)26(37)21(15)25(22)36/h10,14-15,17,34,36,38,40H,4-9,11-13H2,1-3H3,(H2,32,39)/t15?,17-,30-/m0/s1. The van der Waals surface area contributed by atoms with Gasteiger partial charge in [0.05, 0.1) is 5.56 Å². The number of primary amides is 1. The van der Waals surface area contributed by atoms with E-state index in [4.69, 9.17) is 17.3 Å². The molecule has 4 aliphatic rings. The minimum absolute atomic E-state index is 0.0179. The fraction of sp³-hybridized carbons (Fsp3) is 0.567. The number of rotatable bonds is 7. The molecule has 0 aromatic heterocycles. The predicted molar refractivity (Wildman–Crippen MR) is 148 cm³/mol. The third-order valence-electron chi connectivity index (χ3n) is 8.86. The van der Waals surface area contributed by atoms with Gasteiger partial charge in [-0.15, -0.1) is 0 Å². The van der Waals surface area contributed by atoms with Crippen molar-refractivity contribution in [2.24, 2.45) is 28.9 Å². The summed E-state index contributed by atoms with van der Waals surface area (Å²) < 4.78 is 0. The fourth-order valence-corrected chi connectivity index (χ4v) is 6.76. The first-order chi connectivity index (χ1) is 18.6. The van der Waals surface area contributed by atoms with Crippen LogP contribution in [0.25, 0.3) is 5.76 Å². The predicted octanol–water partition coefficient (Wildman–Crippen LogP) is 3.73. The number of phenolic OH excluding ortho intramolecular Hbond substituents is 1. The number of benzene rings is 1. The zero-order chi connectivity index (χ0) is 29.3. The molecule has 216 valence electrons. The van der Waals surface area contributed by atoms with Crippen molar-refractivity contribution in [2.75, 3.05) is 13.1 Å². The van der Waals surface area contributed by atoms with E-state index in [1.54, 1.807) is 0 Å². The molecule has 1 amide bonds. The van der Waals surface area contributed by atoms with Crippen LogP contribution in [0.5, 0.6) is 5.75 Å². The van der Waals surface area contributed by atoms with Crippen LogP contribution in [0.1, 0.15) is 69.6 Å². The number of hydrogen-bond acceptors (Lipinski definition) is 8. The number of hydrogen-bond donors (Lipinski definition) is 5. The summed E-state index contributed by atoms with van der Waals surface area (Å²) in [4.78, 5) is 40.3. The average Bonchev–Trinajstić information content (AvgIpc) is 3.66. The summed E-state index contributed by atoms with van der Waals surface area (Å²) >= 11 is 6.92. The van der Waals surface area contributed by atoms with Crippen LogP contribution in [0.2, 0.25) is 5.02 Å². The van der Waals surface area contributed by atoms with Crippen LogP contribution >= 0.6 is 11.6 Å². The van der Waals surface area contributed by atoms with Crippen molar-refractivity contribution >= 4 is 34.8 Å². The van der Waals surface area contributed by atoms with Gasteiger partial charge < -0.3 is 26.2 Å². The van der Waals surface area contributed by atoms with Gasteiger partial charge in [-0.05, 0) is 73.1 Å². The van der Waals surface area contributed by atoms with Gasteiger partial charge in [0, 0.05) is 36.0 Å². The number of phenols is 1. The molecule has 0 radical (unpaired) electrons. The van der Waals surface area contributed by atoms with E-state index in [0.717, 1.165) is 25.1 Å². The maximum Gasteiger partial charge on any atom is 0.255 e. The Morgan fingerprint density at radius 2 is 1.85 bits per heavy atom. The van der Waals surface area contributed by atoms with E-state index in [0.29, 0.717) is 23.0 Å². The van der Waals surface area contributed by atoms with Crippen molar-refractivity contribution in [1.82, 2.24) is 4.90 Å². The molecule has 0 aliphatic heterocycles. The Morgan fingerprint density at radius 1 is 1.18 bits per heavy atom. The molecule has 1 aromatic carbocycles. The van der Waals surface area contributed by atoms with Crippen molar-refractivity contribution in [3.05, 3.63) is 44.7 Å². The Hall–Kier alpha value is -2.88. The van der Waals surface area contributed by atoms with Crippen molar-refractivity contribution in [1.29, 1.82) is 0 Å². The quantitative estimate of drug-likeness (QED) is 0.309. The minimum atomic E-state index is -2.58. The highest BCUT2D eigenvalue weighted by Gasteiger charge is 2.60. The van der Waals surface area contributed by atoms with Crippen LogP contribution in [0, 0.1) is 23.2 Å². The summed E-state index contributed by atoms with van der Waals surface area (Å²) in [6.07, 6.45) is 3.31. The van der Waals surface area contributed by atoms with Gasteiger partial charge in [-0.3, -0.25) is 19.3 Å². The van der Waals surface area contributed by atoms with Gasteiger partial charge in [0.15, 0.2) is 11.4 Å². The Balaban J connectivity index is 1.52. The highest BCUT2D eigenvalue weighted by Crippen LogP contribution is 2.53. The zero-order valence-corrected chi connectivity index (χ0v) is 23.8. The fourth-order valence-electron chi connectivity index (χ4n) is 6.47. The normalized spacial score (nSPS) is 26.6. The average molecular weight is 573 g/mol. The number of halogens is 1. The number of fused-ring (bicyclic) bond motifs is 3. The number of ketones is 2. The first-order valence-corrected chi connectivity index (χ1v) is 14.2. The highest BCUT2D eigenvalue weighted by molar-refractivity contribution is 6.32. The van der Waals surface area contributed by atoms with E-state index in [1.165, 1.54) is 18.9 Å². The van der Waals surface area contributed by atoms with Crippen molar-refractivity contribution < 1.29 is 34.8 Å². The molecule has 6 N–H and O–H groups in total. The third-order valence-corrected chi connectivity index (χ3v) is 9.33. The molecule has 0 spiro atoms. The number of carbonyl (C=O) groups excluding carboxylic acids is 3. The molecular formula is C30H37ClN2O7. The van der Waals surface area contributed by atoms with E-state index >= 15 is 0 Å². The smallest absolute Gasteiger partial charge is 0.255 e. The van der Waals surface area contributed by atoms with Crippen LogP contribution in [-0.2, 0) is 27.3 Å². The molecule has 1 unspecified atom stereocenters. The van der Waals surface area contributed by atoms with E-state index < -0.39 is 52.0 Å². The Kier molecular flexibility index (Phi) is 7.08. The van der Waals surface area contributed by atoms with E-state index in [9.17, 15) is 34.8 Å². The molecule has 0 saturated heterocycles. The second-order valence-corrected chi connectivity index (χ2v) is 13.5. The van der Waals surface area contributed by atoms with Crippen molar-refractivity contribution in [3.63, 3.8) is 0 Å². The number of carbonyl (C=O) groups is 3. The van der Waals surface area contributed by atoms with Gasteiger partial charge in [0.2, 0.25) is 5.78 Å². The zero-order valence-electron chi connectivity index (χ0n) is 23.1. The number of nitrogens with two attached hydrogens (primary N) is 1. The number of aliphatic hydroxyl groups excluding tert-OH is 2. The van der Waals surface area contributed by atoms with Gasteiger partial charge in [-0.1, -0.05) is 32.4 Å². The molecule has 40 heavy (non-hydrogen) atoms. The van der Waals surface area contributed by atoms with Gasteiger partial charge in [-0.2, -0.15) is 0 Å². The van der Waals surface area contributed by atoms with Crippen LogP contribution in [0.15, 0.2) is 23.0 Å². The lowest BCUT2D eigenvalue weighted by Gasteiger charge is -2.46. The number of aromatic hydroxyl groups is 1. The minimum Gasteiger partial charge on any atom is -0.508 e. The molecule has 5 rings (SSSR count). The van der Waals surface area contributed by atoms with Crippen molar-refractivity contribution in [3.8, 4) is 5.75 Å². The molecule has 3 atom stereocenters. The topological polar surface area (TPSA) is 161 Å². The van der Waals surface area contributed by atoms with Crippen LogP contribution in [-0.4, -0.2) is 61.5 Å². The Bertz CT molecular complexity index is 1370. The molecule has 9 nitrogen and oxygen atoms in total. The molecule has 1 aromatic rings. The van der Waals surface area contributed by atoms with Gasteiger partial charge in [-0.25, -0.2) is 0 Å². The molecule has 0 bridgehead atoms. The number of aliphatic hydroxyl groups is 3. The van der Waals surface area contributed by atoms with Gasteiger partial charge in [0.25, 0.3) is 5.91 Å². The molecule has 10 heteroatoms. The van der Waals surface area contributed by atoms with Crippen LogP contribution in [0.3, 0.4) is 0 Å². The van der Waals surface area contributed by atoms with Crippen LogP contribution < -0.4 is 5.73 Å².